The maximum Gasteiger partial charge on any atom is 0.230 e. The van der Waals surface area contributed by atoms with E-state index in [0.29, 0.717) is 17.2 Å². The van der Waals surface area contributed by atoms with Crippen LogP contribution in [0.5, 0.6) is 17.4 Å². The van der Waals surface area contributed by atoms with Crippen LogP contribution in [0.2, 0.25) is 0 Å². The maximum atomic E-state index is 7.71. The second kappa shape index (κ2) is 5.44. The summed E-state index contributed by atoms with van der Waals surface area (Å²) in [5.41, 5.74) is 8.41. The number of aryl methyl sites for hydroxylation is 2. The van der Waals surface area contributed by atoms with Crippen molar-refractivity contribution >= 4 is 5.84 Å². The van der Waals surface area contributed by atoms with Gasteiger partial charge in [0.2, 0.25) is 5.88 Å². The summed E-state index contributed by atoms with van der Waals surface area (Å²) in [5.74, 6) is 1.77. The number of fused-ring (bicyclic) bond motifs is 1. The third-order valence-electron chi connectivity index (χ3n) is 3.58. The number of nitrogen functional groups attached to an aromatic ring is 1. The summed E-state index contributed by atoms with van der Waals surface area (Å²) in [6, 6.07) is 9.16. The Hall–Kier alpha value is -2.56. The van der Waals surface area contributed by atoms with Gasteiger partial charge in [-0.1, -0.05) is 0 Å². The molecular formula is C16H17N3O2. The first kappa shape index (κ1) is 13.4. The van der Waals surface area contributed by atoms with Crippen molar-refractivity contribution in [2.45, 2.75) is 19.3 Å². The third kappa shape index (κ3) is 2.67. The molecular weight excluding hydrogens is 266 g/mol. The van der Waals surface area contributed by atoms with Crippen molar-refractivity contribution in [2.24, 2.45) is 5.73 Å². The fraction of sp³-hybridized carbons (Fsp3) is 0.250. The summed E-state index contributed by atoms with van der Waals surface area (Å²) in [5, 5.41) is 7.71. The summed E-state index contributed by atoms with van der Waals surface area (Å²) < 4.78 is 10.9. The molecule has 108 valence electrons. The van der Waals surface area contributed by atoms with Gasteiger partial charge < -0.3 is 15.2 Å². The minimum atomic E-state index is -0.0271. The molecule has 3 N–H and O–H groups in total. The molecule has 1 aromatic carbocycles. The molecule has 1 aromatic heterocycles. The zero-order valence-corrected chi connectivity index (χ0v) is 11.8. The molecule has 0 spiro atoms. The van der Waals surface area contributed by atoms with Gasteiger partial charge in [0.05, 0.1) is 12.7 Å². The van der Waals surface area contributed by atoms with Crippen LogP contribution in [0.15, 0.2) is 30.3 Å². The van der Waals surface area contributed by atoms with Crippen LogP contribution in [0.3, 0.4) is 0 Å². The molecule has 0 radical (unpaired) electrons. The first-order valence-electron chi connectivity index (χ1n) is 6.86. The highest BCUT2D eigenvalue weighted by molar-refractivity contribution is 5.97. The molecule has 5 heteroatoms. The van der Waals surface area contributed by atoms with Crippen LogP contribution >= 0.6 is 0 Å². The Kier molecular flexibility index (Phi) is 3.48. The first-order valence-corrected chi connectivity index (χ1v) is 6.86. The number of methoxy groups -OCH3 is 1. The molecule has 0 saturated heterocycles. The van der Waals surface area contributed by atoms with E-state index in [0.717, 1.165) is 30.7 Å². The predicted octanol–water partition coefficient (Wildman–Crippen LogP) is 2.66. The SMILES string of the molecule is COc1ccc(Oc2nc3c(cc2C(=N)N)CCC3)cc1. The van der Waals surface area contributed by atoms with Gasteiger partial charge in [0, 0.05) is 5.69 Å². The van der Waals surface area contributed by atoms with Crippen molar-refractivity contribution in [2.75, 3.05) is 7.11 Å². The monoisotopic (exact) mass is 283 g/mol. The van der Waals surface area contributed by atoms with Crippen LogP contribution in [0.25, 0.3) is 0 Å². The molecule has 21 heavy (non-hydrogen) atoms. The maximum absolute atomic E-state index is 7.71. The summed E-state index contributed by atoms with van der Waals surface area (Å²) in [6.07, 6.45) is 3.03. The highest BCUT2D eigenvalue weighted by Crippen LogP contribution is 2.30. The molecule has 0 amide bonds. The van der Waals surface area contributed by atoms with Crippen LogP contribution in [0.4, 0.5) is 0 Å². The van der Waals surface area contributed by atoms with Gasteiger partial charge in [-0.2, -0.15) is 0 Å². The van der Waals surface area contributed by atoms with E-state index < -0.39 is 0 Å². The van der Waals surface area contributed by atoms with Crippen LogP contribution in [-0.4, -0.2) is 17.9 Å². The number of nitrogens with zero attached hydrogens (tertiary/aromatic N) is 1. The highest BCUT2D eigenvalue weighted by Gasteiger charge is 2.19. The average molecular weight is 283 g/mol. The fourth-order valence-corrected chi connectivity index (χ4v) is 2.48. The number of rotatable bonds is 4. The molecule has 3 rings (SSSR count). The summed E-state index contributed by atoms with van der Waals surface area (Å²) in [7, 11) is 1.62. The van der Waals surface area contributed by atoms with E-state index in [2.05, 4.69) is 4.98 Å². The van der Waals surface area contributed by atoms with E-state index in [9.17, 15) is 0 Å². The zero-order chi connectivity index (χ0) is 14.8. The van der Waals surface area contributed by atoms with Gasteiger partial charge in [0.1, 0.15) is 17.3 Å². The van der Waals surface area contributed by atoms with E-state index in [4.69, 9.17) is 20.6 Å². The molecule has 2 aromatic rings. The van der Waals surface area contributed by atoms with E-state index in [-0.39, 0.29) is 5.84 Å². The minimum absolute atomic E-state index is 0.0271. The molecule has 0 saturated carbocycles. The Balaban J connectivity index is 1.94. The molecule has 0 aliphatic heterocycles. The standard InChI is InChI=1S/C16H17N3O2/c1-20-11-5-7-12(8-6-11)21-16-13(15(17)18)9-10-3-2-4-14(10)19-16/h5-9H,2-4H2,1H3,(H3,17,18). The van der Waals surface area contributed by atoms with Crippen molar-refractivity contribution in [3.63, 3.8) is 0 Å². The molecule has 0 fully saturated rings. The summed E-state index contributed by atoms with van der Waals surface area (Å²) in [4.78, 5) is 4.54. The fourth-order valence-electron chi connectivity index (χ4n) is 2.48. The molecule has 0 unspecified atom stereocenters. The van der Waals surface area contributed by atoms with Crippen molar-refractivity contribution < 1.29 is 9.47 Å². The third-order valence-corrected chi connectivity index (χ3v) is 3.58. The number of hydrogen-bond donors (Lipinski definition) is 2. The molecule has 5 nitrogen and oxygen atoms in total. The van der Waals surface area contributed by atoms with Crippen LogP contribution in [-0.2, 0) is 12.8 Å². The Morgan fingerprint density at radius 2 is 1.90 bits per heavy atom. The number of amidine groups is 1. The lowest BCUT2D eigenvalue weighted by atomic mass is 10.1. The normalized spacial score (nSPS) is 12.8. The van der Waals surface area contributed by atoms with Crippen molar-refractivity contribution in [1.29, 1.82) is 5.41 Å². The Morgan fingerprint density at radius 1 is 1.19 bits per heavy atom. The van der Waals surface area contributed by atoms with Crippen LogP contribution in [0, 0.1) is 5.41 Å². The van der Waals surface area contributed by atoms with Gasteiger partial charge in [-0.3, -0.25) is 5.41 Å². The van der Waals surface area contributed by atoms with E-state index >= 15 is 0 Å². The topological polar surface area (TPSA) is 81.2 Å². The molecule has 1 aliphatic rings. The lowest BCUT2D eigenvalue weighted by molar-refractivity contribution is 0.412. The minimum Gasteiger partial charge on any atom is -0.497 e. The number of benzene rings is 1. The van der Waals surface area contributed by atoms with E-state index in [1.165, 1.54) is 5.56 Å². The summed E-state index contributed by atoms with van der Waals surface area (Å²) in [6.45, 7) is 0. The molecule has 0 bridgehead atoms. The number of hydrogen-bond acceptors (Lipinski definition) is 4. The molecule has 1 aliphatic carbocycles. The van der Waals surface area contributed by atoms with Gasteiger partial charge in [0.25, 0.3) is 0 Å². The Bertz CT molecular complexity index is 681. The predicted molar refractivity (Wildman–Crippen MR) is 80.3 cm³/mol. The van der Waals surface area contributed by atoms with Crippen molar-refractivity contribution in [1.82, 2.24) is 4.98 Å². The lowest BCUT2D eigenvalue weighted by Gasteiger charge is -2.12. The Labute approximate surface area is 123 Å². The Morgan fingerprint density at radius 3 is 2.57 bits per heavy atom. The van der Waals surface area contributed by atoms with E-state index in [1.807, 2.05) is 18.2 Å². The smallest absolute Gasteiger partial charge is 0.230 e. The summed E-state index contributed by atoms with van der Waals surface area (Å²) >= 11 is 0. The number of aromatic nitrogens is 1. The number of nitrogens with two attached hydrogens (primary N) is 1. The van der Waals surface area contributed by atoms with Crippen molar-refractivity contribution in [3.8, 4) is 17.4 Å². The second-order valence-corrected chi connectivity index (χ2v) is 4.99. The average Bonchev–Trinajstić information content (AvgIpc) is 2.94. The van der Waals surface area contributed by atoms with Crippen LogP contribution in [0.1, 0.15) is 23.2 Å². The molecule has 1 heterocycles. The highest BCUT2D eigenvalue weighted by atomic mass is 16.5. The van der Waals surface area contributed by atoms with Gasteiger partial charge in [0.15, 0.2) is 0 Å². The second-order valence-electron chi connectivity index (χ2n) is 4.99. The molecule has 0 atom stereocenters. The van der Waals surface area contributed by atoms with E-state index in [1.54, 1.807) is 19.2 Å². The van der Waals surface area contributed by atoms with Gasteiger partial charge in [-0.25, -0.2) is 4.98 Å². The van der Waals surface area contributed by atoms with Gasteiger partial charge >= 0.3 is 0 Å². The number of pyridine rings is 1. The van der Waals surface area contributed by atoms with Crippen LogP contribution < -0.4 is 15.2 Å². The number of ether oxygens (including phenoxy) is 2. The van der Waals surface area contributed by atoms with Crippen molar-refractivity contribution in [3.05, 3.63) is 47.2 Å². The lowest BCUT2D eigenvalue weighted by Crippen LogP contribution is -2.14. The first-order chi connectivity index (χ1) is 10.2. The zero-order valence-electron chi connectivity index (χ0n) is 11.8. The number of nitrogens with one attached hydrogen (secondary N) is 1. The van der Waals surface area contributed by atoms with Gasteiger partial charge in [-0.15, -0.1) is 0 Å². The largest absolute Gasteiger partial charge is 0.497 e. The quantitative estimate of drug-likeness (QED) is 0.667. The van der Waals surface area contributed by atoms with Gasteiger partial charge in [-0.05, 0) is 55.2 Å².